The van der Waals surface area contributed by atoms with Crippen LogP contribution in [0.3, 0.4) is 0 Å². The van der Waals surface area contributed by atoms with Gasteiger partial charge in [0.1, 0.15) is 12.2 Å². The molecule has 4 rings (SSSR count). The number of aliphatic hydroxyl groups is 2. The SMILES string of the molecule is CCC(C)(C(=O)OC1CC(C(O)(C(F)(F)F)C(F)(F)F)CC(C(O)(C(F)(F)F)C(F)(F)F)C1)C(F)(F)F.CCC(C)(C)C(=O)OC1C(=O)OC2C3OC(C(F)(F)F)(C(F)(F)F)OC3OC12. The van der Waals surface area contributed by atoms with Crippen molar-refractivity contribution < 1.29 is 145 Å². The van der Waals surface area contributed by atoms with Crippen molar-refractivity contribution in [1.82, 2.24) is 0 Å². The van der Waals surface area contributed by atoms with Crippen molar-refractivity contribution in [3.63, 3.8) is 0 Å². The van der Waals surface area contributed by atoms with Gasteiger partial charge in [-0.1, -0.05) is 13.8 Å². The lowest BCUT2D eigenvalue weighted by Gasteiger charge is -2.48. The molecular weight excluding hydrogens is 971 g/mol. The molecule has 4 fully saturated rings. The molecular formula is C33H35F21O11. The molecule has 2 N–H and O–H groups in total. The van der Waals surface area contributed by atoms with Crippen LogP contribution in [0.15, 0.2) is 0 Å². The lowest BCUT2D eigenvalue weighted by atomic mass is 9.65. The summed E-state index contributed by atoms with van der Waals surface area (Å²) in [7, 11) is 0. The van der Waals surface area contributed by atoms with Crippen molar-refractivity contribution in [3.8, 4) is 0 Å². The number of alkyl halides is 21. The zero-order valence-corrected chi connectivity index (χ0v) is 33.2. The van der Waals surface area contributed by atoms with Crippen LogP contribution in [0, 0.1) is 22.7 Å². The molecule has 32 heteroatoms. The maximum Gasteiger partial charge on any atom is 0.453 e. The van der Waals surface area contributed by atoms with Crippen LogP contribution < -0.4 is 0 Å². The summed E-state index contributed by atoms with van der Waals surface area (Å²) in [5, 5.41) is 19.1. The summed E-state index contributed by atoms with van der Waals surface area (Å²) in [4.78, 5) is 36.3. The Morgan fingerprint density at radius 1 is 0.585 bits per heavy atom. The minimum absolute atomic E-state index is 0.163. The molecule has 3 heterocycles. The van der Waals surface area contributed by atoms with E-state index in [1.165, 1.54) is 13.8 Å². The number of halogens is 21. The Bertz CT molecular complexity index is 1660. The Hall–Kier alpha value is -3.26. The van der Waals surface area contributed by atoms with Gasteiger partial charge >= 0.3 is 66.9 Å². The number of rotatable bonds is 8. The highest BCUT2D eigenvalue weighted by Gasteiger charge is 2.83. The van der Waals surface area contributed by atoms with Crippen molar-refractivity contribution >= 4 is 17.9 Å². The normalized spacial score (nSPS) is 29.2. The molecule has 3 saturated heterocycles. The highest BCUT2D eigenvalue weighted by atomic mass is 19.4. The van der Waals surface area contributed by atoms with Gasteiger partial charge in [0.05, 0.1) is 5.41 Å². The molecule has 0 aromatic heterocycles. The first-order valence-corrected chi connectivity index (χ1v) is 18.2. The number of esters is 3. The number of hydrogen-bond donors (Lipinski definition) is 2. The third-order valence-electron chi connectivity index (χ3n) is 11.6. The molecule has 0 aromatic rings. The highest BCUT2D eigenvalue weighted by Crippen LogP contribution is 2.59. The van der Waals surface area contributed by atoms with E-state index < -0.39 is 163 Å². The minimum atomic E-state index is -6.77. The maximum atomic E-state index is 13.3. The third kappa shape index (κ3) is 9.60. The highest BCUT2D eigenvalue weighted by molar-refractivity contribution is 5.84. The zero-order valence-electron chi connectivity index (χ0n) is 33.2. The molecule has 8 unspecified atom stereocenters. The summed E-state index contributed by atoms with van der Waals surface area (Å²) in [5.74, 6) is -16.6. The smallest absolute Gasteiger partial charge is 0.453 e. The summed E-state index contributed by atoms with van der Waals surface area (Å²) in [6.45, 7) is 5.65. The van der Waals surface area contributed by atoms with Crippen molar-refractivity contribution in [2.75, 3.05) is 0 Å². The predicted octanol–water partition coefficient (Wildman–Crippen LogP) is 8.23. The molecule has 1 saturated carbocycles. The minimum Gasteiger partial charge on any atom is -0.462 e. The van der Waals surface area contributed by atoms with E-state index in [0.717, 1.165) is 6.92 Å². The van der Waals surface area contributed by atoms with E-state index in [9.17, 15) is 117 Å². The standard InChI is InChI=1S/C18H19F15O4.C15H16F6O7/c1-3-11(2,14(19,20)21)10(34)37-9-5-7(12(35,15(22,23)24)16(25,26)27)4-8(6-9)13(36,17(28,29)30)18(31,32)33;1-4-12(2,3)11(23)26-7-5-6(24-9(7)22)8-10(25-5)28-13(27-8,14(16,17)18)15(19,20)21/h7-9,35-36H,3-6H2,1-2H3;5-8,10H,4H2,1-3H3. The van der Waals surface area contributed by atoms with Crippen LogP contribution >= 0.6 is 0 Å². The molecule has 0 spiro atoms. The first-order valence-electron chi connectivity index (χ1n) is 18.2. The van der Waals surface area contributed by atoms with Crippen molar-refractivity contribution in [2.45, 2.75) is 164 Å². The van der Waals surface area contributed by atoms with Gasteiger partial charge in [0, 0.05) is 11.8 Å². The fourth-order valence-electron chi connectivity index (χ4n) is 6.96. The number of ether oxygens (including phenoxy) is 6. The van der Waals surface area contributed by atoms with Crippen LogP contribution in [0.1, 0.15) is 66.7 Å². The number of fused-ring (bicyclic) bond motifs is 3. The van der Waals surface area contributed by atoms with Gasteiger partial charge in [-0.3, -0.25) is 9.59 Å². The van der Waals surface area contributed by atoms with E-state index in [1.54, 1.807) is 6.92 Å². The van der Waals surface area contributed by atoms with E-state index in [1.807, 2.05) is 0 Å². The van der Waals surface area contributed by atoms with Gasteiger partial charge in [-0.15, -0.1) is 0 Å². The van der Waals surface area contributed by atoms with Gasteiger partial charge < -0.3 is 38.6 Å². The molecule has 0 bridgehead atoms. The quantitative estimate of drug-likeness (QED) is 0.138. The molecule has 380 valence electrons. The molecule has 4 aliphatic rings. The molecule has 0 amide bonds. The summed E-state index contributed by atoms with van der Waals surface area (Å²) in [6, 6.07) is 0. The van der Waals surface area contributed by atoms with Crippen molar-refractivity contribution in [1.29, 1.82) is 0 Å². The Kier molecular flexibility index (Phi) is 14.7. The summed E-state index contributed by atoms with van der Waals surface area (Å²) >= 11 is 0. The number of carbonyl (C=O) groups excluding carboxylic acids is 3. The van der Waals surface area contributed by atoms with E-state index in [2.05, 4.69) is 14.2 Å². The van der Waals surface area contributed by atoms with Crippen LogP contribution in [-0.2, 0) is 42.8 Å². The molecule has 11 nitrogen and oxygen atoms in total. The maximum absolute atomic E-state index is 13.3. The fraction of sp³-hybridized carbons (Fsp3) is 0.909. The number of hydrogen-bond acceptors (Lipinski definition) is 11. The molecule has 0 aromatic carbocycles. The Morgan fingerprint density at radius 2 is 1.00 bits per heavy atom. The Balaban J connectivity index is 0.000000357. The zero-order chi connectivity index (χ0) is 51.1. The molecule has 8 atom stereocenters. The second kappa shape index (κ2) is 17.1. The molecule has 65 heavy (non-hydrogen) atoms. The van der Waals surface area contributed by atoms with Crippen molar-refractivity contribution in [2.24, 2.45) is 22.7 Å². The van der Waals surface area contributed by atoms with Crippen LogP contribution in [0.4, 0.5) is 92.2 Å². The Labute approximate surface area is 350 Å². The van der Waals surface area contributed by atoms with Crippen LogP contribution in [-0.4, -0.2) is 125 Å². The van der Waals surface area contributed by atoms with Crippen molar-refractivity contribution in [3.05, 3.63) is 0 Å². The monoisotopic (exact) mass is 1010 g/mol. The lowest BCUT2D eigenvalue weighted by Crippen LogP contribution is -2.67. The van der Waals surface area contributed by atoms with Gasteiger partial charge in [-0.25, -0.2) is 4.79 Å². The summed E-state index contributed by atoms with van der Waals surface area (Å²) < 4.78 is 306. The van der Waals surface area contributed by atoms with Crippen LogP contribution in [0.2, 0.25) is 0 Å². The van der Waals surface area contributed by atoms with Gasteiger partial charge in [0.25, 0.3) is 11.2 Å². The predicted molar refractivity (Wildman–Crippen MR) is 163 cm³/mol. The first kappa shape index (κ1) is 56.1. The summed E-state index contributed by atoms with van der Waals surface area (Å²) in [6.07, 6.45) is -63.4. The van der Waals surface area contributed by atoms with E-state index in [4.69, 9.17) is 14.2 Å². The van der Waals surface area contributed by atoms with Crippen LogP contribution in [0.25, 0.3) is 0 Å². The second-order valence-electron chi connectivity index (χ2n) is 16.1. The number of carbonyl (C=O) groups is 3. The average Bonchev–Trinajstić information content (AvgIpc) is 3.76. The molecule has 1 aliphatic carbocycles. The fourth-order valence-corrected chi connectivity index (χ4v) is 6.96. The third-order valence-corrected chi connectivity index (χ3v) is 11.6. The Morgan fingerprint density at radius 3 is 1.34 bits per heavy atom. The van der Waals surface area contributed by atoms with Gasteiger partial charge in [-0.2, -0.15) is 92.2 Å². The van der Waals surface area contributed by atoms with Gasteiger partial charge in [0.15, 0.2) is 23.9 Å². The lowest BCUT2D eigenvalue weighted by molar-refractivity contribution is -0.455. The topological polar surface area (TPSA) is 147 Å². The molecule has 0 radical (unpaired) electrons. The van der Waals surface area contributed by atoms with E-state index in [-0.39, 0.29) is 6.92 Å². The summed E-state index contributed by atoms with van der Waals surface area (Å²) in [5.41, 5.74) is -16.5. The van der Waals surface area contributed by atoms with E-state index >= 15 is 0 Å². The largest absolute Gasteiger partial charge is 0.462 e. The molecule has 3 aliphatic heterocycles. The van der Waals surface area contributed by atoms with Gasteiger partial charge in [-0.05, 0) is 52.9 Å². The van der Waals surface area contributed by atoms with E-state index in [0.29, 0.717) is 6.42 Å². The average molecular weight is 1010 g/mol. The second-order valence-corrected chi connectivity index (χ2v) is 16.1. The first-order chi connectivity index (χ1) is 28.7. The van der Waals surface area contributed by atoms with Gasteiger partial charge in [0.2, 0.25) is 6.10 Å². The van der Waals surface area contributed by atoms with Crippen LogP contribution in [0.5, 0.6) is 0 Å².